The maximum Gasteiger partial charge on any atom is 0.262 e. The maximum absolute atomic E-state index is 11.9. The minimum absolute atomic E-state index is 0.0440. The number of nitrogens with zero attached hydrogens (tertiary/aromatic N) is 3. The zero-order valence-electron chi connectivity index (χ0n) is 7.99. The van der Waals surface area contributed by atoms with Crippen molar-refractivity contribution in [2.24, 2.45) is 7.05 Å². The molecule has 0 bridgehead atoms. The Bertz CT molecular complexity index is 541. The number of rotatable bonds is 1. The van der Waals surface area contributed by atoms with Gasteiger partial charge >= 0.3 is 0 Å². The lowest BCUT2D eigenvalue weighted by Crippen LogP contribution is -2.18. The van der Waals surface area contributed by atoms with Gasteiger partial charge in [-0.3, -0.25) is 9.48 Å². The van der Waals surface area contributed by atoms with Crippen molar-refractivity contribution < 1.29 is 0 Å². The minimum Gasteiger partial charge on any atom is -0.315 e. The van der Waals surface area contributed by atoms with Crippen LogP contribution in [0.2, 0.25) is 0 Å². The van der Waals surface area contributed by atoms with Gasteiger partial charge in [-0.15, -0.1) is 0 Å². The molecule has 4 nitrogen and oxygen atoms in total. The predicted octanol–water partition coefficient (Wildman–Crippen LogP) is 1.36. The summed E-state index contributed by atoms with van der Waals surface area (Å²) >= 11 is 2.09. The number of aryl methyl sites for hydroxylation is 2. The van der Waals surface area contributed by atoms with Gasteiger partial charge in [-0.25, -0.2) is 0 Å². The first-order valence-corrected chi connectivity index (χ1v) is 5.44. The fourth-order valence-electron chi connectivity index (χ4n) is 1.51. The van der Waals surface area contributed by atoms with E-state index in [9.17, 15) is 4.79 Å². The van der Waals surface area contributed by atoms with Crippen LogP contribution in [0, 0.1) is 3.70 Å². The fourth-order valence-corrected chi connectivity index (χ4v) is 2.34. The molecule has 2 rings (SSSR count). The smallest absolute Gasteiger partial charge is 0.262 e. The number of aromatic nitrogens is 3. The Hall–Kier alpha value is -0.850. The van der Waals surface area contributed by atoms with Crippen molar-refractivity contribution in [3.63, 3.8) is 0 Å². The monoisotopic (exact) mass is 303 g/mol. The van der Waals surface area contributed by atoms with Crippen LogP contribution in [0.5, 0.6) is 0 Å². The van der Waals surface area contributed by atoms with E-state index in [0.29, 0.717) is 6.54 Å². The van der Waals surface area contributed by atoms with Gasteiger partial charge in [-0.2, -0.15) is 5.10 Å². The topological polar surface area (TPSA) is 39.8 Å². The Kier molecular flexibility index (Phi) is 2.34. The Morgan fingerprint density at radius 2 is 2.29 bits per heavy atom. The number of pyridine rings is 1. The summed E-state index contributed by atoms with van der Waals surface area (Å²) in [5.41, 5.74) is 0.937. The predicted molar refractivity (Wildman–Crippen MR) is 63.4 cm³/mol. The van der Waals surface area contributed by atoms with E-state index in [1.54, 1.807) is 9.25 Å². The first kappa shape index (κ1) is 9.70. The van der Waals surface area contributed by atoms with E-state index in [-0.39, 0.29) is 5.56 Å². The van der Waals surface area contributed by atoms with Gasteiger partial charge in [-0.1, -0.05) is 0 Å². The lowest BCUT2D eigenvalue weighted by atomic mass is 10.3. The molecule has 0 amide bonds. The molecule has 0 radical (unpaired) electrons. The SMILES string of the molecule is CCn1ccc2c(c(I)nn2C)c1=O. The van der Waals surface area contributed by atoms with Gasteiger partial charge in [0.15, 0.2) is 0 Å². The van der Waals surface area contributed by atoms with E-state index in [2.05, 4.69) is 27.7 Å². The summed E-state index contributed by atoms with van der Waals surface area (Å²) in [6.07, 6.45) is 1.81. The highest BCUT2D eigenvalue weighted by molar-refractivity contribution is 14.1. The molecule has 14 heavy (non-hydrogen) atoms. The summed E-state index contributed by atoms with van der Waals surface area (Å²) < 4.78 is 4.19. The molecule has 5 heteroatoms. The first-order chi connectivity index (χ1) is 6.65. The van der Waals surface area contributed by atoms with Crippen LogP contribution in [0.1, 0.15) is 6.92 Å². The zero-order chi connectivity index (χ0) is 10.3. The van der Waals surface area contributed by atoms with Gasteiger partial charge in [0.05, 0.1) is 10.9 Å². The molecule has 0 aliphatic rings. The second kappa shape index (κ2) is 3.38. The second-order valence-corrected chi connectivity index (χ2v) is 4.10. The summed E-state index contributed by atoms with van der Waals surface area (Å²) in [4.78, 5) is 11.9. The maximum atomic E-state index is 11.9. The van der Waals surface area contributed by atoms with Gasteiger partial charge in [0, 0.05) is 19.8 Å². The summed E-state index contributed by atoms with van der Waals surface area (Å²) in [5.74, 6) is 0. The average Bonchev–Trinajstić information content (AvgIpc) is 2.44. The summed E-state index contributed by atoms with van der Waals surface area (Å²) in [6, 6.07) is 1.93. The molecule has 0 saturated carbocycles. The van der Waals surface area contributed by atoms with Gasteiger partial charge < -0.3 is 4.57 Å². The molecule has 0 atom stereocenters. The Morgan fingerprint density at radius 3 is 2.93 bits per heavy atom. The van der Waals surface area contributed by atoms with Gasteiger partial charge in [0.2, 0.25) is 0 Å². The van der Waals surface area contributed by atoms with E-state index in [1.807, 2.05) is 26.2 Å². The normalized spacial score (nSPS) is 11.1. The van der Waals surface area contributed by atoms with Crippen LogP contribution in [0.4, 0.5) is 0 Å². The van der Waals surface area contributed by atoms with Crippen LogP contribution in [-0.2, 0) is 13.6 Å². The Balaban J connectivity index is 2.95. The van der Waals surface area contributed by atoms with E-state index in [0.717, 1.165) is 14.6 Å². The van der Waals surface area contributed by atoms with Crippen molar-refractivity contribution in [2.45, 2.75) is 13.5 Å². The van der Waals surface area contributed by atoms with Crippen LogP contribution < -0.4 is 5.56 Å². The highest BCUT2D eigenvalue weighted by Gasteiger charge is 2.10. The van der Waals surface area contributed by atoms with Crippen LogP contribution in [-0.4, -0.2) is 14.3 Å². The molecule has 0 unspecified atom stereocenters. The molecule has 2 aromatic heterocycles. The number of hydrogen-bond acceptors (Lipinski definition) is 2. The molecular weight excluding hydrogens is 293 g/mol. The van der Waals surface area contributed by atoms with E-state index in [4.69, 9.17) is 0 Å². The van der Waals surface area contributed by atoms with Gasteiger partial charge in [-0.05, 0) is 35.6 Å². The van der Waals surface area contributed by atoms with E-state index < -0.39 is 0 Å². The molecule has 0 fully saturated rings. The Labute approximate surface area is 94.7 Å². The molecule has 74 valence electrons. The van der Waals surface area contributed by atoms with E-state index in [1.165, 1.54) is 0 Å². The van der Waals surface area contributed by atoms with Crippen LogP contribution in [0.25, 0.3) is 10.9 Å². The van der Waals surface area contributed by atoms with Crippen molar-refractivity contribution >= 4 is 33.5 Å². The van der Waals surface area contributed by atoms with Crippen molar-refractivity contribution in [1.29, 1.82) is 0 Å². The highest BCUT2D eigenvalue weighted by atomic mass is 127. The quantitative estimate of drug-likeness (QED) is 0.746. The summed E-state index contributed by atoms with van der Waals surface area (Å²) in [7, 11) is 1.85. The van der Waals surface area contributed by atoms with Crippen molar-refractivity contribution in [3.05, 3.63) is 26.3 Å². The van der Waals surface area contributed by atoms with Crippen LogP contribution in [0.3, 0.4) is 0 Å². The average molecular weight is 303 g/mol. The molecule has 2 aromatic rings. The lowest BCUT2D eigenvalue weighted by molar-refractivity contribution is 0.733. The standard InChI is InChI=1S/C9H10IN3O/c1-3-13-5-4-6-7(9(13)14)8(10)11-12(6)2/h4-5H,3H2,1-2H3. The number of hydrogen-bond donors (Lipinski definition) is 0. The molecule has 0 aromatic carbocycles. The first-order valence-electron chi connectivity index (χ1n) is 4.36. The molecule has 2 heterocycles. The lowest BCUT2D eigenvalue weighted by Gasteiger charge is -2.00. The zero-order valence-corrected chi connectivity index (χ0v) is 10.1. The van der Waals surface area contributed by atoms with E-state index >= 15 is 0 Å². The molecular formula is C9H10IN3O. The summed E-state index contributed by atoms with van der Waals surface area (Å²) in [5, 5.41) is 4.94. The third-order valence-corrected chi connectivity index (χ3v) is 3.03. The largest absolute Gasteiger partial charge is 0.315 e. The molecule has 0 aliphatic heterocycles. The van der Waals surface area contributed by atoms with Crippen molar-refractivity contribution in [3.8, 4) is 0 Å². The van der Waals surface area contributed by atoms with Crippen LogP contribution in [0.15, 0.2) is 17.1 Å². The molecule has 0 aliphatic carbocycles. The van der Waals surface area contributed by atoms with Gasteiger partial charge in [0.25, 0.3) is 5.56 Å². The minimum atomic E-state index is 0.0440. The third-order valence-electron chi connectivity index (χ3n) is 2.28. The molecule has 0 saturated heterocycles. The Morgan fingerprint density at radius 1 is 1.57 bits per heavy atom. The van der Waals surface area contributed by atoms with Crippen molar-refractivity contribution in [1.82, 2.24) is 14.3 Å². The molecule has 0 spiro atoms. The number of fused-ring (bicyclic) bond motifs is 1. The van der Waals surface area contributed by atoms with Crippen LogP contribution >= 0.6 is 22.6 Å². The number of halogens is 1. The third kappa shape index (κ3) is 1.26. The second-order valence-electron chi connectivity index (χ2n) is 3.08. The fraction of sp³-hybridized carbons (Fsp3) is 0.333. The van der Waals surface area contributed by atoms with Crippen molar-refractivity contribution in [2.75, 3.05) is 0 Å². The highest BCUT2D eigenvalue weighted by Crippen LogP contribution is 2.14. The molecule has 0 N–H and O–H groups in total. The summed E-state index contributed by atoms with van der Waals surface area (Å²) in [6.45, 7) is 2.65. The van der Waals surface area contributed by atoms with Gasteiger partial charge in [0.1, 0.15) is 3.70 Å².